The first kappa shape index (κ1) is 25.9. The van der Waals surface area contributed by atoms with Crippen LogP contribution < -0.4 is 0 Å². The predicted molar refractivity (Wildman–Crippen MR) is 95.2 cm³/mol. The Balaban J connectivity index is 2.34. The molecule has 0 spiro atoms. The van der Waals surface area contributed by atoms with Gasteiger partial charge in [0.15, 0.2) is 0 Å². The van der Waals surface area contributed by atoms with Crippen LogP contribution >= 0.6 is 11.8 Å². The Labute approximate surface area is 179 Å². The highest BCUT2D eigenvalue weighted by Crippen LogP contribution is 2.44. The first-order valence-electron chi connectivity index (χ1n) is 8.59. The number of hydrogen-bond acceptors (Lipinski definition) is 4. The largest absolute Gasteiger partial charge is 0.507 e. The van der Waals surface area contributed by atoms with Crippen LogP contribution in [0.3, 0.4) is 0 Å². The van der Waals surface area contributed by atoms with Gasteiger partial charge in [-0.05, 0) is 35.5 Å². The maximum Gasteiger partial charge on any atom is 0.419 e. The lowest BCUT2D eigenvalue weighted by atomic mass is 9.82. The molecule has 1 fully saturated rings. The summed E-state index contributed by atoms with van der Waals surface area (Å²) in [5.41, 5.74) is -4.28. The summed E-state index contributed by atoms with van der Waals surface area (Å²) in [6.07, 6.45) is -18.0. The number of thioether (sulfide) groups is 1. The predicted octanol–water partition coefficient (Wildman–Crippen LogP) is 6.36. The number of imide groups is 1. The number of aromatic hydroxyl groups is 1. The Bertz CT molecular complexity index is 919. The first-order valence-corrected chi connectivity index (χ1v) is 9.40. The minimum absolute atomic E-state index is 0.163. The second-order valence-electron chi connectivity index (χ2n) is 7.44. The molecule has 1 aromatic carbocycles. The van der Waals surface area contributed by atoms with Gasteiger partial charge in [0, 0.05) is 12.0 Å². The highest BCUT2D eigenvalue weighted by Gasteiger charge is 2.49. The van der Waals surface area contributed by atoms with Crippen LogP contribution in [0.1, 0.15) is 30.9 Å². The molecule has 1 saturated heterocycles. The Morgan fingerprint density at radius 3 is 1.97 bits per heavy atom. The van der Waals surface area contributed by atoms with E-state index in [0.29, 0.717) is 19.1 Å². The average molecular weight is 495 g/mol. The Morgan fingerprint density at radius 2 is 1.50 bits per heavy atom. The zero-order valence-electron chi connectivity index (χ0n) is 16.0. The van der Waals surface area contributed by atoms with E-state index in [1.807, 2.05) is 0 Å². The molecule has 0 atom stereocenters. The Hall–Kier alpha value is -2.38. The number of rotatable bonds is 5. The third-order valence-corrected chi connectivity index (χ3v) is 5.20. The number of halogens is 9. The van der Waals surface area contributed by atoms with Crippen molar-refractivity contribution in [2.45, 2.75) is 38.3 Å². The van der Waals surface area contributed by atoms with Crippen molar-refractivity contribution in [1.29, 1.82) is 0 Å². The van der Waals surface area contributed by atoms with Gasteiger partial charge in [-0.25, -0.2) is 0 Å². The van der Waals surface area contributed by atoms with Crippen molar-refractivity contribution in [3.8, 4) is 5.75 Å². The number of amides is 2. The number of phenols is 1. The maximum absolute atomic E-state index is 12.9. The molecular formula is C18H14F9NO3S. The lowest BCUT2D eigenvalue weighted by Crippen LogP contribution is -2.43. The minimum atomic E-state index is -5.02. The van der Waals surface area contributed by atoms with Gasteiger partial charge in [-0.2, -0.15) is 39.5 Å². The molecule has 1 aromatic rings. The van der Waals surface area contributed by atoms with Crippen LogP contribution in [0.15, 0.2) is 23.1 Å². The zero-order valence-corrected chi connectivity index (χ0v) is 16.8. The van der Waals surface area contributed by atoms with E-state index in [2.05, 4.69) is 0 Å². The van der Waals surface area contributed by atoms with Crippen molar-refractivity contribution in [3.63, 3.8) is 0 Å². The number of alkyl halides is 9. The fraction of sp³-hybridized carbons (Fsp3) is 0.444. The van der Waals surface area contributed by atoms with Crippen molar-refractivity contribution in [1.82, 2.24) is 4.90 Å². The standard InChI is InChI=1S/C18H14F9NO3S/c1-15(6-16(19,20)21,7-17(22,23)24)8-28-13(30)12(32-14(28)31)5-9-2-3-11(29)10(4-9)18(25,26)27/h2-5,29H,6-8H2,1H3. The molecule has 32 heavy (non-hydrogen) atoms. The molecule has 0 radical (unpaired) electrons. The van der Waals surface area contributed by atoms with Crippen LogP contribution in [0, 0.1) is 5.41 Å². The van der Waals surface area contributed by atoms with Gasteiger partial charge in [-0.15, -0.1) is 0 Å². The monoisotopic (exact) mass is 495 g/mol. The Kier molecular flexibility index (Phi) is 6.89. The van der Waals surface area contributed by atoms with E-state index in [4.69, 9.17) is 0 Å². The van der Waals surface area contributed by atoms with E-state index in [0.717, 1.165) is 12.1 Å². The molecule has 1 heterocycles. The summed E-state index contributed by atoms with van der Waals surface area (Å²) in [6, 6.07) is 2.14. The van der Waals surface area contributed by atoms with Crippen molar-refractivity contribution in [2.24, 2.45) is 5.41 Å². The van der Waals surface area contributed by atoms with Crippen molar-refractivity contribution < 1.29 is 54.2 Å². The quantitative estimate of drug-likeness (QED) is 0.382. The van der Waals surface area contributed by atoms with Gasteiger partial charge < -0.3 is 5.11 Å². The topological polar surface area (TPSA) is 57.6 Å². The molecule has 0 aromatic heterocycles. The summed E-state index contributed by atoms with van der Waals surface area (Å²) >= 11 is 0.163. The summed E-state index contributed by atoms with van der Waals surface area (Å²) < 4.78 is 116. The number of benzene rings is 1. The summed E-state index contributed by atoms with van der Waals surface area (Å²) in [5.74, 6) is -2.34. The van der Waals surface area contributed by atoms with Crippen LogP contribution in [0.5, 0.6) is 5.75 Å². The molecule has 2 rings (SSSR count). The number of nitrogens with zero attached hydrogens (tertiary/aromatic N) is 1. The lowest BCUT2D eigenvalue weighted by molar-refractivity contribution is -0.194. The molecule has 1 N–H and O–H groups in total. The van der Waals surface area contributed by atoms with Crippen LogP contribution in [0.25, 0.3) is 6.08 Å². The summed E-state index contributed by atoms with van der Waals surface area (Å²) in [5, 5.41) is 8.16. The molecule has 0 aliphatic carbocycles. The third kappa shape index (κ3) is 6.81. The highest BCUT2D eigenvalue weighted by molar-refractivity contribution is 8.18. The molecule has 4 nitrogen and oxygen atoms in total. The number of carbonyl (C=O) groups excluding carboxylic acids is 2. The second-order valence-corrected chi connectivity index (χ2v) is 8.43. The molecule has 1 aliphatic rings. The molecule has 0 bridgehead atoms. The van der Waals surface area contributed by atoms with Crippen molar-refractivity contribution in [3.05, 3.63) is 34.2 Å². The van der Waals surface area contributed by atoms with E-state index in [9.17, 15) is 54.2 Å². The fourth-order valence-electron chi connectivity index (χ4n) is 3.18. The third-order valence-electron chi connectivity index (χ3n) is 4.29. The smallest absolute Gasteiger partial charge is 0.419 e. The van der Waals surface area contributed by atoms with Crippen LogP contribution in [0.2, 0.25) is 0 Å². The van der Waals surface area contributed by atoms with E-state index >= 15 is 0 Å². The van der Waals surface area contributed by atoms with Crippen molar-refractivity contribution in [2.75, 3.05) is 6.54 Å². The molecule has 2 amide bonds. The Morgan fingerprint density at radius 1 is 0.969 bits per heavy atom. The SMILES string of the molecule is CC(CN1C(=O)SC(=Cc2ccc(O)c(C(F)(F)F)c2)C1=O)(CC(F)(F)F)CC(F)(F)F. The van der Waals surface area contributed by atoms with Gasteiger partial charge in [0.05, 0.1) is 23.3 Å². The van der Waals surface area contributed by atoms with E-state index < -0.39 is 70.7 Å². The molecule has 178 valence electrons. The fourth-order valence-corrected chi connectivity index (χ4v) is 4.02. The second kappa shape index (κ2) is 8.52. The van der Waals surface area contributed by atoms with E-state index in [1.54, 1.807) is 0 Å². The average Bonchev–Trinajstić information content (AvgIpc) is 2.79. The zero-order chi connectivity index (χ0) is 24.7. The molecule has 1 aliphatic heterocycles. The highest BCUT2D eigenvalue weighted by atomic mass is 32.2. The van der Waals surface area contributed by atoms with Gasteiger partial charge >= 0.3 is 18.5 Å². The van der Waals surface area contributed by atoms with E-state index in [-0.39, 0.29) is 22.2 Å². The first-order chi connectivity index (χ1) is 14.3. The summed E-state index contributed by atoms with van der Waals surface area (Å²) in [7, 11) is 0. The number of hydrogen-bond donors (Lipinski definition) is 1. The molecular weight excluding hydrogens is 481 g/mol. The van der Waals surface area contributed by atoms with Gasteiger partial charge in [0.2, 0.25) is 0 Å². The van der Waals surface area contributed by atoms with Crippen LogP contribution in [-0.2, 0) is 11.0 Å². The van der Waals surface area contributed by atoms with Crippen LogP contribution in [0.4, 0.5) is 44.3 Å². The van der Waals surface area contributed by atoms with Gasteiger partial charge in [0.1, 0.15) is 5.75 Å². The normalized spacial score (nSPS) is 17.6. The molecule has 14 heteroatoms. The summed E-state index contributed by atoms with van der Waals surface area (Å²) in [6.45, 7) is -0.562. The number of phenolic OH excluding ortho intramolecular Hbond substituents is 1. The minimum Gasteiger partial charge on any atom is -0.507 e. The number of carbonyl (C=O) groups is 2. The lowest BCUT2D eigenvalue weighted by Gasteiger charge is -2.34. The molecule has 0 unspecified atom stereocenters. The van der Waals surface area contributed by atoms with Gasteiger partial charge in [-0.1, -0.05) is 13.0 Å². The molecule has 0 saturated carbocycles. The van der Waals surface area contributed by atoms with Gasteiger partial charge in [0.25, 0.3) is 11.1 Å². The van der Waals surface area contributed by atoms with Gasteiger partial charge in [-0.3, -0.25) is 14.5 Å². The van der Waals surface area contributed by atoms with Crippen molar-refractivity contribution >= 4 is 29.0 Å². The van der Waals surface area contributed by atoms with E-state index in [1.165, 1.54) is 0 Å². The summed E-state index contributed by atoms with van der Waals surface area (Å²) in [4.78, 5) is 24.3. The maximum atomic E-state index is 12.9. The van der Waals surface area contributed by atoms with Crippen LogP contribution in [-0.4, -0.2) is 40.1 Å².